The number of alkyl halides is 3. The van der Waals surface area contributed by atoms with Crippen molar-refractivity contribution < 1.29 is 30.7 Å². The van der Waals surface area contributed by atoms with Crippen molar-refractivity contribution in [1.82, 2.24) is 4.31 Å². The number of ether oxygens (including phenoxy) is 1. The third-order valence-corrected chi connectivity index (χ3v) is 5.78. The molecule has 0 bridgehead atoms. The van der Waals surface area contributed by atoms with Gasteiger partial charge in [0.1, 0.15) is 11.6 Å². The molecular formula is C17H15F4NO3S. The molecule has 0 heterocycles. The summed E-state index contributed by atoms with van der Waals surface area (Å²) in [5.41, 5.74) is 0.624. The Morgan fingerprint density at radius 2 is 1.58 bits per heavy atom. The van der Waals surface area contributed by atoms with E-state index in [1.165, 1.54) is 28.6 Å². The molecule has 0 amide bonds. The van der Waals surface area contributed by atoms with E-state index in [2.05, 4.69) is 4.74 Å². The van der Waals surface area contributed by atoms with Gasteiger partial charge in [-0.15, -0.1) is 13.2 Å². The van der Waals surface area contributed by atoms with Crippen molar-refractivity contribution in [1.29, 1.82) is 0 Å². The highest BCUT2D eigenvalue weighted by Crippen LogP contribution is 2.34. The smallest absolute Gasteiger partial charge is 0.406 e. The van der Waals surface area contributed by atoms with Gasteiger partial charge in [-0.25, -0.2) is 12.8 Å². The van der Waals surface area contributed by atoms with Gasteiger partial charge in [-0.3, -0.25) is 0 Å². The van der Waals surface area contributed by atoms with E-state index >= 15 is 0 Å². The summed E-state index contributed by atoms with van der Waals surface area (Å²) in [7, 11) is -3.90. The second-order valence-electron chi connectivity index (χ2n) is 5.93. The van der Waals surface area contributed by atoms with E-state index in [4.69, 9.17) is 0 Å². The topological polar surface area (TPSA) is 46.6 Å². The summed E-state index contributed by atoms with van der Waals surface area (Å²) < 4.78 is 80.5. The van der Waals surface area contributed by atoms with Gasteiger partial charge in [-0.2, -0.15) is 4.31 Å². The monoisotopic (exact) mass is 389 g/mol. The van der Waals surface area contributed by atoms with Crippen LogP contribution in [0.3, 0.4) is 0 Å². The Labute approximate surface area is 148 Å². The van der Waals surface area contributed by atoms with Crippen LogP contribution in [0.25, 0.3) is 0 Å². The lowest BCUT2D eigenvalue weighted by Gasteiger charge is -2.22. The van der Waals surface area contributed by atoms with Crippen LogP contribution < -0.4 is 4.74 Å². The summed E-state index contributed by atoms with van der Waals surface area (Å²) in [5.74, 6) is -0.914. The molecule has 2 aromatic rings. The van der Waals surface area contributed by atoms with E-state index in [0.717, 1.165) is 24.3 Å². The number of hydrogen-bond acceptors (Lipinski definition) is 3. The van der Waals surface area contributed by atoms with Crippen LogP contribution in [0.5, 0.6) is 5.75 Å². The van der Waals surface area contributed by atoms with Crippen molar-refractivity contribution in [2.24, 2.45) is 0 Å². The molecule has 1 saturated carbocycles. The van der Waals surface area contributed by atoms with E-state index in [1.54, 1.807) is 0 Å². The molecule has 3 rings (SSSR count). The SMILES string of the molecule is O=S(=O)(c1ccc(OC(F)(F)F)cc1)N(Cc1ccc(F)cc1)C1CC1. The number of hydrogen-bond donors (Lipinski definition) is 0. The standard InChI is InChI=1S/C17H15F4NO3S/c18-13-3-1-12(2-4-13)11-22(14-5-6-14)26(23,24)16-9-7-15(8-10-16)25-17(19,20)21/h1-4,7-10,14H,5-6,11H2. The van der Waals surface area contributed by atoms with Gasteiger partial charge in [0.15, 0.2) is 0 Å². The summed E-state index contributed by atoms with van der Waals surface area (Å²) in [6.07, 6.45) is -3.44. The van der Waals surface area contributed by atoms with Crippen LogP contribution in [0.2, 0.25) is 0 Å². The van der Waals surface area contributed by atoms with Crippen molar-refractivity contribution >= 4 is 10.0 Å². The van der Waals surface area contributed by atoms with Gasteiger partial charge in [0.2, 0.25) is 10.0 Å². The van der Waals surface area contributed by atoms with Gasteiger partial charge >= 0.3 is 6.36 Å². The van der Waals surface area contributed by atoms with Crippen molar-refractivity contribution in [3.63, 3.8) is 0 Å². The minimum absolute atomic E-state index is 0.0636. The zero-order valence-corrected chi connectivity index (χ0v) is 14.2. The average molecular weight is 389 g/mol. The zero-order valence-electron chi connectivity index (χ0n) is 13.4. The molecule has 1 aliphatic carbocycles. The number of halogens is 4. The Kier molecular flexibility index (Phi) is 4.94. The van der Waals surface area contributed by atoms with E-state index in [1.807, 2.05) is 0 Å². The van der Waals surface area contributed by atoms with E-state index in [-0.39, 0.29) is 17.5 Å². The third kappa shape index (κ3) is 4.53. The van der Waals surface area contributed by atoms with Crippen LogP contribution in [-0.2, 0) is 16.6 Å². The molecule has 26 heavy (non-hydrogen) atoms. The molecule has 0 unspecified atom stereocenters. The molecule has 1 aliphatic rings. The molecule has 1 fully saturated rings. The van der Waals surface area contributed by atoms with Gasteiger partial charge < -0.3 is 4.74 Å². The largest absolute Gasteiger partial charge is 0.573 e. The molecule has 9 heteroatoms. The van der Waals surface area contributed by atoms with Crippen LogP contribution in [-0.4, -0.2) is 25.1 Å². The second-order valence-corrected chi connectivity index (χ2v) is 7.82. The number of rotatable bonds is 6. The highest BCUT2D eigenvalue weighted by molar-refractivity contribution is 7.89. The Hall–Kier alpha value is -2.13. The van der Waals surface area contributed by atoms with Crippen molar-refractivity contribution in [3.05, 3.63) is 59.9 Å². The predicted molar refractivity (Wildman–Crippen MR) is 85.3 cm³/mol. The van der Waals surface area contributed by atoms with Gasteiger partial charge in [0.25, 0.3) is 0 Å². The fourth-order valence-electron chi connectivity index (χ4n) is 2.49. The fraction of sp³-hybridized carbons (Fsp3) is 0.294. The maximum Gasteiger partial charge on any atom is 0.573 e. The molecular weight excluding hydrogens is 374 g/mol. The van der Waals surface area contributed by atoms with Gasteiger partial charge in [-0.05, 0) is 54.8 Å². The third-order valence-electron chi connectivity index (χ3n) is 3.87. The van der Waals surface area contributed by atoms with Crippen LogP contribution in [0, 0.1) is 5.82 Å². The molecule has 0 aliphatic heterocycles. The Bertz CT molecular complexity index is 860. The Balaban J connectivity index is 1.83. The van der Waals surface area contributed by atoms with E-state index in [0.29, 0.717) is 18.4 Å². The summed E-state index contributed by atoms with van der Waals surface area (Å²) in [4.78, 5) is -0.124. The molecule has 140 valence electrons. The van der Waals surface area contributed by atoms with Crippen LogP contribution >= 0.6 is 0 Å². The summed E-state index contributed by atoms with van der Waals surface area (Å²) >= 11 is 0. The van der Waals surface area contributed by atoms with Gasteiger partial charge in [0.05, 0.1) is 4.90 Å². The predicted octanol–water partition coefficient (Wildman–Crippen LogP) is 4.08. The lowest BCUT2D eigenvalue weighted by atomic mass is 10.2. The first-order valence-electron chi connectivity index (χ1n) is 7.77. The highest BCUT2D eigenvalue weighted by Gasteiger charge is 2.38. The molecule has 0 aromatic heterocycles. The normalized spacial score (nSPS) is 15.3. The van der Waals surface area contributed by atoms with Gasteiger partial charge in [0, 0.05) is 12.6 Å². The molecule has 0 N–H and O–H groups in total. The Morgan fingerprint density at radius 1 is 1.00 bits per heavy atom. The first-order valence-corrected chi connectivity index (χ1v) is 9.21. The van der Waals surface area contributed by atoms with Crippen molar-refractivity contribution in [2.45, 2.75) is 36.7 Å². The summed E-state index contributed by atoms with van der Waals surface area (Å²) in [6.45, 7) is 0.0636. The van der Waals surface area contributed by atoms with E-state index in [9.17, 15) is 26.0 Å². The lowest BCUT2D eigenvalue weighted by molar-refractivity contribution is -0.274. The lowest BCUT2D eigenvalue weighted by Crippen LogP contribution is -2.32. The molecule has 2 aromatic carbocycles. The average Bonchev–Trinajstić information content (AvgIpc) is 3.38. The minimum Gasteiger partial charge on any atom is -0.406 e. The molecule has 0 atom stereocenters. The van der Waals surface area contributed by atoms with Gasteiger partial charge in [-0.1, -0.05) is 12.1 Å². The fourth-order valence-corrected chi connectivity index (χ4v) is 4.16. The van der Waals surface area contributed by atoms with Crippen molar-refractivity contribution in [3.8, 4) is 5.75 Å². The molecule has 0 saturated heterocycles. The summed E-state index contributed by atoms with van der Waals surface area (Å²) in [6, 6.07) is 9.41. The van der Waals surface area contributed by atoms with Crippen LogP contribution in [0.1, 0.15) is 18.4 Å². The Morgan fingerprint density at radius 3 is 2.08 bits per heavy atom. The molecule has 0 spiro atoms. The number of nitrogens with zero attached hydrogens (tertiary/aromatic N) is 1. The number of benzene rings is 2. The molecule has 4 nitrogen and oxygen atoms in total. The van der Waals surface area contributed by atoms with Crippen molar-refractivity contribution in [2.75, 3.05) is 0 Å². The highest BCUT2D eigenvalue weighted by atomic mass is 32.2. The first kappa shape index (κ1) is 18.7. The zero-order chi connectivity index (χ0) is 18.9. The summed E-state index contributed by atoms with van der Waals surface area (Å²) in [5, 5.41) is 0. The van der Waals surface area contributed by atoms with Crippen LogP contribution in [0.15, 0.2) is 53.4 Å². The van der Waals surface area contributed by atoms with E-state index < -0.39 is 28.0 Å². The first-order chi connectivity index (χ1) is 12.1. The maximum atomic E-state index is 13.0. The molecule has 0 radical (unpaired) electrons. The van der Waals surface area contributed by atoms with Crippen LogP contribution in [0.4, 0.5) is 17.6 Å². The quantitative estimate of drug-likeness (QED) is 0.700. The second kappa shape index (κ2) is 6.88. The maximum absolute atomic E-state index is 13.0. The number of sulfonamides is 1. The minimum atomic E-state index is -4.84.